The average Bonchev–Trinajstić information content (AvgIpc) is 2.30. The van der Waals surface area contributed by atoms with Gasteiger partial charge in [-0.1, -0.05) is 19.9 Å². The maximum absolute atomic E-state index is 12.0. The maximum atomic E-state index is 12.0. The summed E-state index contributed by atoms with van der Waals surface area (Å²) in [6.45, 7) is 6.41. The minimum Gasteiger partial charge on any atom is -0.508 e. The zero-order valence-corrected chi connectivity index (χ0v) is 11.8. The molecule has 0 bridgehead atoms. The van der Waals surface area contributed by atoms with Gasteiger partial charge in [-0.3, -0.25) is 4.79 Å². The van der Waals surface area contributed by atoms with Gasteiger partial charge in [-0.05, 0) is 30.9 Å². The number of aromatic hydroxyl groups is 1. The fourth-order valence-electron chi connectivity index (χ4n) is 1.63. The summed E-state index contributed by atoms with van der Waals surface area (Å²) in [5.41, 5.74) is 1.09. The highest BCUT2D eigenvalue weighted by Crippen LogP contribution is 2.21. The fourth-order valence-corrected chi connectivity index (χ4v) is 2.14. The van der Waals surface area contributed by atoms with Gasteiger partial charge < -0.3 is 10.4 Å². The van der Waals surface area contributed by atoms with Gasteiger partial charge in [0.2, 0.25) is 0 Å². The van der Waals surface area contributed by atoms with Crippen LogP contribution >= 0.6 is 11.6 Å². The van der Waals surface area contributed by atoms with Crippen molar-refractivity contribution in [3.8, 4) is 5.75 Å². The molecule has 18 heavy (non-hydrogen) atoms. The van der Waals surface area contributed by atoms with E-state index in [4.69, 9.17) is 11.6 Å². The van der Waals surface area contributed by atoms with Crippen LogP contribution in [-0.4, -0.2) is 23.4 Å². The van der Waals surface area contributed by atoms with Crippen molar-refractivity contribution in [2.75, 3.05) is 12.4 Å². The molecule has 0 atom stereocenters. The lowest BCUT2D eigenvalue weighted by atomic mass is 9.90. The predicted molar refractivity (Wildman–Crippen MR) is 74.3 cm³/mol. The van der Waals surface area contributed by atoms with Crippen LogP contribution in [0.4, 0.5) is 0 Å². The third-order valence-corrected chi connectivity index (χ3v) is 3.24. The Labute approximate surface area is 113 Å². The Morgan fingerprint density at radius 3 is 2.72 bits per heavy atom. The summed E-state index contributed by atoms with van der Waals surface area (Å²) in [6.07, 6.45) is 0.841. The molecule has 0 radical (unpaired) electrons. The first kappa shape index (κ1) is 14.8. The van der Waals surface area contributed by atoms with Gasteiger partial charge in [0, 0.05) is 23.6 Å². The second-order valence-electron chi connectivity index (χ2n) is 5.24. The molecule has 100 valence electrons. The van der Waals surface area contributed by atoms with E-state index in [-0.39, 0.29) is 17.1 Å². The van der Waals surface area contributed by atoms with Crippen molar-refractivity contribution < 1.29 is 9.90 Å². The molecule has 1 rings (SSSR count). The molecule has 0 fully saturated rings. The molecule has 4 heteroatoms. The Morgan fingerprint density at radius 1 is 1.44 bits per heavy atom. The van der Waals surface area contributed by atoms with Crippen molar-refractivity contribution in [3.63, 3.8) is 0 Å². The van der Waals surface area contributed by atoms with Crippen molar-refractivity contribution in [2.24, 2.45) is 5.41 Å². The minimum atomic E-state index is -0.161. The van der Waals surface area contributed by atoms with Crippen LogP contribution in [0.1, 0.15) is 36.2 Å². The number of phenols is 1. The molecule has 0 heterocycles. The van der Waals surface area contributed by atoms with Crippen LogP contribution in [0.5, 0.6) is 5.75 Å². The molecule has 1 aromatic rings. The van der Waals surface area contributed by atoms with E-state index in [1.807, 2.05) is 0 Å². The van der Waals surface area contributed by atoms with E-state index in [9.17, 15) is 9.90 Å². The van der Waals surface area contributed by atoms with Crippen LogP contribution < -0.4 is 5.32 Å². The number of hydrogen-bond acceptors (Lipinski definition) is 2. The van der Waals surface area contributed by atoms with Gasteiger partial charge in [0.15, 0.2) is 0 Å². The molecule has 1 aromatic carbocycles. The van der Waals surface area contributed by atoms with Gasteiger partial charge in [0.05, 0.1) is 0 Å². The summed E-state index contributed by atoms with van der Waals surface area (Å²) in [5, 5.41) is 12.4. The smallest absolute Gasteiger partial charge is 0.251 e. The van der Waals surface area contributed by atoms with Crippen molar-refractivity contribution in [3.05, 3.63) is 29.3 Å². The third kappa shape index (κ3) is 3.91. The number of carbonyl (C=O) groups is 1. The molecule has 0 unspecified atom stereocenters. The number of amides is 1. The first-order chi connectivity index (χ1) is 8.37. The van der Waals surface area contributed by atoms with Crippen molar-refractivity contribution >= 4 is 17.5 Å². The van der Waals surface area contributed by atoms with Gasteiger partial charge in [-0.2, -0.15) is 0 Å². The zero-order chi connectivity index (χ0) is 13.8. The molecule has 0 aliphatic heterocycles. The second-order valence-corrected chi connectivity index (χ2v) is 5.61. The number of rotatable bonds is 5. The van der Waals surface area contributed by atoms with Gasteiger partial charge in [0.1, 0.15) is 5.75 Å². The van der Waals surface area contributed by atoms with E-state index in [0.717, 1.165) is 6.42 Å². The Morgan fingerprint density at radius 2 is 2.11 bits per heavy atom. The molecule has 1 amide bonds. The molecule has 0 aliphatic rings. The van der Waals surface area contributed by atoms with E-state index in [1.165, 1.54) is 0 Å². The van der Waals surface area contributed by atoms with Gasteiger partial charge in [-0.25, -0.2) is 0 Å². The first-order valence-corrected chi connectivity index (χ1v) is 6.53. The normalized spacial score (nSPS) is 11.3. The summed E-state index contributed by atoms with van der Waals surface area (Å²) in [5.74, 6) is 0.558. The molecule has 0 spiro atoms. The van der Waals surface area contributed by atoms with Crippen LogP contribution in [0.15, 0.2) is 18.2 Å². The SMILES string of the molecule is Cc1c(O)cccc1C(=O)NCC(C)(C)CCCl. The monoisotopic (exact) mass is 269 g/mol. The number of carbonyl (C=O) groups excluding carboxylic acids is 1. The highest BCUT2D eigenvalue weighted by Gasteiger charge is 2.19. The van der Waals surface area contributed by atoms with Gasteiger partial charge >= 0.3 is 0 Å². The van der Waals surface area contributed by atoms with Crippen molar-refractivity contribution in [1.29, 1.82) is 0 Å². The Kier molecular flexibility index (Phi) is 5.03. The summed E-state index contributed by atoms with van der Waals surface area (Å²) in [6, 6.07) is 4.95. The molecule has 0 saturated heterocycles. The fraction of sp³-hybridized carbons (Fsp3) is 0.500. The zero-order valence-electron chi connectivity index (χ0n) is 11.1. The number of hydrogen-bond donors (Lipinski definition) is 2. The molecule has 0 saturated carbocycles. The lowest BCUT2D eigenvalue weighted by Crippen LogP contribution is -2.34. The van der Waals surface area contributed by atoms with E-state index in [1.54, 1.807) is 25.1 Å². The molecule has 3 nitrogen and oxygen atoms in total. The number of nitrogens with one attached hydrogen (secondary N) is 1. The van der Waals surface area contributed by atoms with Crippen LogP contribution in [0, 0.1) is 12.3 Å². The van der Waals surface area contributed by atoms with E-state index >= 15 is 0 Å². The summed E-state index contributed by atoms with van der Waals surface area (Å²) < 4.78 is 0. The quantitative estimate of drug-likeness (QED) is 0.807. The van der Waals surface area contributed by atoms with Crippen LogP contribution in [0.2, 0.25) is 0 Å². The number of phenolic OH excluding ortho intramolecular Hbond substituents is 1. The van der Waals surface area contributed by atoms with Gasteiger partial charge in [0.25, 0.3) is 5.91 Å². The maximum Gasteiger partial charge on any atom is 0.251 e. The van der Waals surface area contributed by atoms with E-state index in [0.29, 0.717) is 23.6 Å². The Hall–Kier alpha value is -1.22. The lowest BCUT2D eigenvalue weighted by molar-refractivity contribution is 0.0935. The number of alkyl halides is 1. The first-order valence-electron chi connectivity index (χ1n) is 6.00. The van der Waals surface area contributed by atoms with Crippen LogP contribution in [-0.2, 0) is 0 Å². The van der Waals surface area contributed by atoms with Crippen LogP contribution in [0.25, 0.3) is 0 Å². The van der Waals surface area contributed by atoms with Crippen molar-refractivity contribution in [1.82, 2.24) is 5.32 Å². The van der Waals surface area contributed by atoms with Crippen molar-refractivity contribution in [2.45, 2.75) is 27.2 Å². The molecular weight excluding hydrogens is 250 g/mol. The standard InChI is InChI=1S/C14H20ClNO2/c1-10-11(5-4-6-12(10)17)13(18)16-9-14(2,3)7-8-15/h4-6,17H,7-9H2,1-3H3,(H,16,18). The predicted octanol–water partition coefficient (Wildman–Crippen LogP) is 3.09. The highest BCUT2D eigenvalue weighted by molar-refractivity contribution is 6.17. The number of halogens is 1. The summed E-state index contributed by atoms with van der Waals surface area (Å²) in [7, 11) is 0. The third-order valence-electron chi connectivity index (χ3n) is 3.05. The number of benzene rings is 1. The van der Waals surface area contributed by atoms with Gasteiger partial charge in [-0.15, -0.1) is 11.6 Å². The van der Waals surface area contributed by atoms with E-state index < -0.39 is 0 Å². The second kappa shape index (κ2) is 6.10. The summed E-state index contributed by atoms with van der Waals surface area (Å²) in [4.78, 5) is 12.0. The largest absolute Gasteiger partial charge is 0.508 e. The van der Waals surface area contributed by atoms with E-state index in [2.05, 4.69) is 19.2 Å². The average molecular weight is 270 g/mol. The molecular formula is C14H20ClNO2. The molecule has 0 aromatic heterocycles. The van der Waals surface area contributed by atoms with Crippen LogP contribution in [0.3, 0.4) is 0 Å². The Bertz CT molecular complexity index is 430. The lowest BCUT2D eigenvalue weighted by Gasteiger charge is -2.24. The summed E-state index contributed by atoms with van der Waals surface area (Å²) >= 11 is 5.72. The minimum absolute atomic E-state index is 0.0257. The Balaban J connectivity index is 2.69. The molecule has 0 aliphatic carbocycles. The highest BCUT2D eigenvalue weighted by atomic mass is 35.5. The molecule has 2 N–H and O–H groups in total. The topological polar surface area (TPSA) is 49.3 Å².